The molecule has 0 atom stereocenters. The van der Waals surface area contributed by atoms with Crippen LogP contribution >= 0.6 is 0 Å². The van der Waals surface area contributed by atoms with Gasteiger partial charge in [0, 0.05) is 38.1 Å². The molecule has 1 aromatic carbocycles. The summed E-state index contributed by atoms with van der Waals surface area (Å²) in [5.74, 6) is -4.73. The fourth-order valence-corrected chi connectivity index (χ4v) is 3.52. The SMILES string of the molecule is O=C(O)CN(CCN(CCN(CC(=O)O)CC(=O)O)Cc1ccc2cccc(O)c2n1)CC(=O)O. The highest BCUT2D eigenvalue weighted by molar-refractivity contribution is 5.84. The quantitative estimate of drug-likeness (QED) is 0.205. The van der Waals surface area contributed by atoms with E-state index in [0.717, 1.165) is 5.39 Å². The van der Waals surface area contributed by atoms with Gasteiger partial charge in [-0.25, -0.2) is 4.98 Å². The molecule has 1 heterocycles. The van der Waals surface area contributed by atoms with E-state index in [9.17, 15) is 24.3 Å². The lowest BCUT2D eigenvalue weighted by atomic mass is 10.2. The van der Waals surface area contributed by atoms with Crippen LogP contribution in [-0.2, 0) is 25.7 Å². The number of carbonyl (C=O) groups is 4. The van der Waals surface area contributed by atoms with Crippen molar-refractivity contribution in [1.29, 1.82) is 0 Å². The predicted molar refractivity (Wildman–Crippen MR) is 122 cm³/mol. The first-order valence-corrected chi connectivity index (χ1v) is 10.7. The maximum absolute atomic E-state index is 11.1. The molecule has 190 valence electrons. The van der Waals surface area contributed by atoms with Gasteiger partial charge in [0.05, 0.1) is 31.9 Å². The van der Waals surface area contributed by atoms with Crippen molar-refractivity contribution >= 4 is 34.8 Å². The van der Waals surface area contributed by atoms with Gasteiger partial charge >= 0.3 is 23.9 Å². The van der Waals surface area contributed by atoms with Crippen LogP contribution in [0.3, 0.4) is 0 Å². The number of rotatable bonds is 16. The highest BCUT2D eigenvalue weighted by Crippen LogP contribution is 2.22. The van der Waals surface area contributed by atoms with Gasteiger partial charge in [-0.15, -0.1) is 0 Å². The Balaban J connectivity index is 2.20. The van der Waals surface area contributed by atoms with Crippen molar-refractivity contribution in [1.82, 2.24) is 19.7 Å². The number of aromatic nitrogens is 1. The number of hydrogen-bond acceptors (Lipinski definition) is 9. The summed E-state index contributed by atoms with van der Waals surface area (Å²) in [6.07, 6.45) is 0. The van der Waals surface area contributed by atoms with Crippen LogP contribution in [0.5, 0.6) is 5.75 Å². The number of pyridine rings is 1. The third-order valence-corrected chi connectivity index (χ3v) is 5.04. The Kier molecular flexibility index (Phi) is 10.3. The number of carboxylic acids is 4. The number of phenols is 1. The van der Waals surface area contributed by atoms with Crippen LogP contribution < -0.4 is 0 Å². The van der Waals surface area contributed by atoms with E-state index in [-0.39, 0.29) is 38.5 Å². The van der Waals surface area contributed by atoms with Crippen molar-refractivity contribution in [3.05, 3.63) is 36.0 Å². The van der Waals surface area contributed by atoms with E-state index >= 15 is 0 Å². The number of para-hydroxylation sites is 1. The summed E-state index contributed by atoms with van der Waals surface area (Å²) < 4.78 is 0. The van der Waals surface area contributed by atoms with E-state index in [4.69, 9.17) is 20.4 Å². The molecule has 0 amide bonds. The molecule has 0 saturated heterocycles. The first-order chi connectivity index (χ1) is 16.5. The first-order valence-electron chi connectivity index (χ1n) is 10.7. The summed E-state index contributed by atoms with van der Waals surface area (Å²) in [5, 5.41) is 47.1. The minimum absolute atomic E-state index is 0.000849. The molecule has 0 spiro atoms. The molecule has 5 N–H and O–H groups in total. The maximum Gasteiger partial charge on any atom is 0.317 e. The lowest BCUT2D eigenvalue weighted by molar-refractivity contribution is -0.143. The maximum atomic E-state index is 11.1. The number of carboxylic acid groups (broad SMARTS) is 4. The first kappa shape index (κ1) is 27.4. The van der Waals surface area contributed by atoms with Crippen molar-refractivity contribution in [2.24, 2.45) is 0 Å². The molecule has 0 radical (unpaired) electrons. The highest BCUT2D eigenvalue weighted by atomic mass is 16.4. The van der Waals surface area contributed by atoms with Gasteiger partial charge in [0.15, 0.2) is 0 Å². The second-order valence-electron chi connectivity index (χ2n) is 7.92. The number of nitrogens with zero attached hydrogens (tertiary/aromatic N) is 4. The van der Waals surface area contributed by atoms with E-state index in [1.54, 1.807) is 29.2 Å². The summed E-state index contributed by atoms with van der Waals surface area (Å²) in [6, 6.07) is 8.49. The molecule has 0 bridgehead atoms. The van der Waals surface area contributed by atoms with E-state index in [1.165, 1.54) is 15.9 Å². The molecule has 0 aliphatic carbocycles. The number of phenolic OH excluding ortho intramolecular Hbond substituents is 1. The fourth-order valence-electron chi connectivity index (χ4n) is 3.52. The van der Waals surface area contributed by atoms with Crippen molar-refractivity contribution in [2.45, 2.75) is 6.54 Å². The number of benzene rings is 1. The predicted octanol–water partition coefficient (Wildman–Crippen LogP) is -0.315. The summed E-state index contributed by atoms with van der Waals surface area (Å²) >= 11 is 0. The van der Waals surface area contributed by atoms with Crippen molar-refractivity contribution in [3.8, 4) is 5.75 Å². The fraction of sp³-hybridized carbons (Fsp3) is 0.409. The molecular formula is C22H28N4O9. The van der Waals surface area contributed by atoms with E-state index in [1.807, 2.05) is 0 Å². The minimum Gasteiger partial charge on any atom is -0.506 e. The van der Waals surface area contributed by atoms with Crippen LogP contribution in [0.4, 0.5) is 0 Å². The lowest BCUT2D eigenvalue weighted by Gasteiger charge is -2.28. The summed E-state index contributed by atoms with van der Waals surface area (Å²) in [6.45, 7) is -1.14. The van der Waals surface area contributed by atoms with Gasteiger partial charge in [-0.1, -0.05) is 18.2 Å². The molecule has 35 heavy (non-hydrogen) atoms. The number of aromatic hydroxyl groups is 1. The Bertz CT molecular complexity index is 990. The second-order valence-corrected chi connectivity index (χ2v) is 7.92. The molecule has 0 aliphatic heterocycles. The van der Waals surface area contributed by atoms with Crippen LogP contribution in [0.2, 0.25) is 0 Å². The zero-order valence-electron chi connectivity index (χ0n) is 18.9. The van der Waals surface area contributed by atoms with Crippen molar-refractivity contribution in [3.63, 3.8) is 0 Å². The van der Waals surface area contributed by atoms with E-state index < -0.39 is 50.1 Å². The molecule has 2 rings (SSSR count). The summed E-state index contributed by atoms with van der Waals surface area (Å²) in [5.41, 5.74) is 0.951. The van der Waals surface area contributed by atoms with Crippen LogP contribution in [0.15, 0.2) is 30.3 Å². The third-order valence-electron chi connectivity index (χ3n) is 5.04. The van der Waals surface area contributed by atoms with Gasteiger partial charge in [0.25, 0.3) is 0 Å². The topological polar surface area (TPSA) is 192 Å². The average molecular weight is 492 g/mol. The smallest absolute Gasteiger partial charge is 0.317 e. The van der Waals surface area contributed by atoms with Crippen molar-refractivity contribution < 1.29 is 44.7 Å². The molecule has 0 fully saturated rings. The lowest BCUT2D eigenvalue weighted by Crippen LogP contribution is -2.44. The summed E-state index contributed by atoms with van der Waals surface area (Å²) in [4.78, 5) is 53.2. The monoisotopic (exact) mass is 492 g/mol. The second kappa shape index (κ2) is 13.2. The molecule has 0 saturated carbocycles. The number of hydrogen-bond donors (Lipinski definition) is 5. The molecule has 1 aromatic heterocycles. The van der Waals surface area contributed by atoms with Crippen molar-refractivity contribution in [2.75, 3.05) is 52.4 Å². The van der Waals surface area contributed by atoms with Crippen LogP contribution in [0, 0.1) is 0 Å². The van der Waals surface area contributed by atoms with E-state index in [0.29, 0.717) is 11.2 Å². The van der Waals surface area contributed by atoms with Gasteiger partial charge in [-0.05, 0) is 12.1 Å². The average Bonchev–Trinajstić information content (AvgIpc) is 2.74. The van der Waals surface area contributed by atoms with Crippen LogP contribution in [-0.4, -0.2) is 121 Å². The molecule has 2 aromatic rings. The third kappa shape index (κ3) is 9.92. The molecule has 0 unspecified atom stereocenters. The van der Waals surface area contributed by atoms with E-state index in [2.05, 4.69) is 4.98 Å². The van der Waals surface area contributed by atoms with Crippen LogP contribution in [0.25, 0.3) is 10.9 Å². The highest BCUT2D eigenvalue weighted by Gasteiger charge is 2.19. The largest absolute Gasteiger partial charge is 0.506 e. The Morgan fingerprint density at radius 1 is 0.657 bits per heavy atom. The Hall–Kier alpha value is -3.81. The van der Waals surface area contributed by atoms with Gasteiger partial charge in [-0.2, -0.15) is 0 Å². The Labute approximate surface area is 200 Å². The standard InChI is InChI=1S/C22H28N4O9/c27-17-3-1-2-15-4-5-16(23-22(15)17)10-24(6-8-25(11-18(28)29)12-19(30)31)7-9-26(13-20(32)33)14-21(34)35/h1-5,27H,6-14H2,(H,28,29)(H,30,31)(H,32,33)(H,34,35). The van der Waals surface area contributed by atoms with Gasteiger partial charge in [0.2, 0.25) is 0 Å². The Morgan fingerprint density at radius 3 is 1.57 bits per heavy atom. The molecule has 13 nitrogen and oxygen atoms in total. The normalized spacial score (nSPS) is 11.4. The minimum atomic E-state index is -1.18. The summed E-state index contributed by atoms with van der Waals surface area (Å²) in [7, 11) is 0. The molecule has 13 heteroatoms. The number of aliphatic carboxylic acids is 4. The zero-order valence-corrected chi connectivity index (χ0v) is 18.9. The van der Waals surface area contributed by atoms with Gasteiger partial charge in [-0.3, -0.25) is 33.9 Å². The Morgan fingerprint density at radius 2 is 1.11 bits per heavy atom. The molecular weight excluding hydrogens is 464 g/mol. The zero-order chi connectivity index (χ0) is 26.0. The van der Waals surface area contributed by atoms with Crippen LogP contribution in [0.1, 0.15) is 5.69 Å². The van der Waals surface area contributed by atoms with Gasteiger partial charge < -0.3 is 25.5 Å². The molecule has 0 aliphatic rings. The van der Waals surface area contributed by atoms with Gasteiger partial charge in [0.1, 0.15) is 11.3 Å². The number of fused-ring (bicyclic) bond motifs is 1.